The van der Waals surface area contributed by atoms with Crippen LogP contribution in [0.5, 0.6) is 0 Å². The van der Waals surface area contributed by atoms with Crippen LogP contribution in [0.3, 0.4) is 0 Å². The molecule has 2 heterocycles. The molecular weight excluding hydrogens is 474 g/mol. The molecule has 2 aromatic heterocycles. The Morgan fingerprint density at radius 1 is 1.14 bits per heavy atom. The maximum Gasteiger partial charge on any atom is 0.418 e. The highest BCUT2D eigenvalue weighted by Crippen LogP contribution is 2.36. The van der Waals surface area contributed by atoms with Gasteiger partial charge in [0.15, 0.2) is 0 Å². The van der Waals surface area contributed by atoms with Crippen LogP contribution in [0.2, 0.25) is 0 Å². The van der Waals surface area contributed by atoms with Crippen molar-refractivity contribution in [2.45, 2.75) is 12.7 Å². The largest absolute Gasteiger partial charge is 0.476 e. The molecule has 180 valence electrons. The molecule has 4 aromatic rings. The molecule has 0 saturated carbocycles. The number of aromatic amines is 1. The number of fused-ring (bicyclic) bond motifs is 1. The van der Waals surface area contributed by atoms with Crippen molar-refractivity contribution in [3.8, 4) is 5.69 Å². The van der Waals surface area contributed by atoms with Crippen LogP contribution < -0.4 is 16.2 Å². The third-order valence-corrected chi connectivity index (χ3v) is 4.92. The molecule has 0 radical (unpaired) electrons. The van der Waals surface area contributed by atoms with Gasteiger partial charge in [0.2, 0.25) is 5.69 Å². The van der Waals surface area contributed by atoms with Crippen molar-refractivity contribution in [1.29, 1.82) is 0 Å². The summed E-state index contributed by atoms with van der Waals surface area (Å²) >= 11 is 0. The molecule has 35 heavy (non-hydrogen) atoms. The Hall–Kier alpha value is -4.68. The van der Waals surface area contributed by atoms with Gasteiger partial charge in [0.05, 0.1) is 28.0 Å². The Balaban J connectivity index is 1.62. The van der Waals surface area contributed by atoms with E-state index in [9.17, 15) is 31.9 Å². The quantitative estimate of drug-likeness (QED) is 0.316. The number of carbonyl (C=O) groups excluding carboxylic acids is 1. The minimum atomic E-state index is -4.81. The van der Waals surface area contributed by atoms with Gasteiger partial charge in [-0.2, -0.15) is 13.2 Å². The monoisotopic (exact) mass is 489 g/mol. The number of urea groups is 1. The van der Waals surface area contributed by atoms with Crippen LogP contribution >= 0.6 is 0 Å². The first-order valence-corrected chi connectivity index (χ1v) is 9.88. The Morgan fingerprint density at radius 2 is 1.89 bits per heavy atom. The smallest absolute Gasteiger partial charge is 0.418 e. The third kappa shape index (κ3) is 4.98. The van der Waals surface area contributed by atoms with E-state index in [0.717, 1.165) is 10.6 Å². The van der Waals surface area contributed by atoms with Gasteiger partial charge in [0.1, 0.15) is 5.82 Å². The Labute approximate surface area is 193 Å². The standard InChI is InChI=1S/C22H15F4N5O4/c23-13-3-1-2-4-14(13)30-21(35)27-9-11-5-6-31(10-11)17-8-16-15(7-12(17)22(24,25)26)29-19(32)18(28-16)20(33)34/h1-8,10H,9H2,(H,29,32)(H,33,34)(H2,27,30,35). The van der Waals surface area contributed by atoms with Gasteiger partial charge in [-0.15, -0.1) is 0 Å². The number of H-pyrrole nitrogens is 1. The minimum Gasteiger partial charge on any atom is -0.476 e. The van der Waals surface area contributed by atoms with Crippen LogP contribution in [0.25, 0.3) is 16.7 Å². The van der Waals surface area contributed by atoms with Gasteiger partial charge in [-0.25, -0.2) is 19.0 Å². The molecule has 0 aliphatic rings. The van der Waals surface area contributed by atoms with Gasteiger partial charge in [-0.05, 0) is 35.9 Å². The van der Waals surface area contributed by atoms with Crippen LogP contribution in [0.4, 0.5) is 28.0 Å². The zero-order chi connectivity index (χ0) is 25.3. The molecule has 0 atom stereocenters. The van der Waals surface area contributed by atoms with E-state index in [4.69, 9.17) is 5.11 Å². The average Bonchev–Trinajstić information content (AvgIpc) is 3.26. The van der Waals surface area contributed by atoms with Crippen LogP contribution in [0, 0.1) is 5.82 Å². The highest BCUT2D eigenvalue weighted by Gasteiger charge is 2.35. The minimum absolute atomic E-state index is 0.0418. The number of carbonyl (C=O) groups is 2. The summed E-state index contributed by atoms with van der Waals surface area (Å²) in [4.78, 5) is 40.8. The number of carboxylic acids is 1. The third-order valence-electron chi connectivity index (χ3n) is 4.92. The maximum absolute atomic E-state index is 13.8. The number of aromatic carboxylic acids is 1. The number of nitrogens with one attached hydrogen (secondary N) is 3. The van der Waals surface area contributed by atoms with E-state index in [1.807, 2.05) is 0 Å². The summed E-state index contributed by atoms with van der Waals surface area (Å²) in [6.07, 6.45) is -2.18. The Morgan fingerprint density at radius 3 is 2.57 bits per heavy atom. The number of amides is 2. The fourth-order valence-corrected chi connectivity index (χ4v) is 3.31. The van der Waals surface area contributed by atoms with Crippen molar-refractivity contribution in [2.24, 2.45) is 0 Å². The molecule has 0 spiro atoms. The fourth-order valence-electron chi connectivity index (χ4n) is 3.31. The van der Waals surface area contributed by atoms with Gasteiger partial charge < -0.3 is 25.3 Å². The van der Waals surface area contributed by atoms with Crippen molar-refractivity contribution in [1.82, 2.24) is 19.9 Å². The predicted molar refractivity (Wildman–Crippen MR) is 116 cm³/mol. The summed E-state index contributed by atoms with van der Waals surface area (Å²) in [7, 11) is 0. The summed E-state index contributed by atoms with van der Waals surface area (Å²) in [6, 6.07) is 7.92. The van der Waals surface area contributed by atoms with E-state index < -0.39 is 40.8 Å². The number of hydrogen-bond donors (Lipinski definition) is 4. The number of nitrogens with zero attached hydrogens (tertiary/aromatic N) is 2. The first-order chi connectivity index (χ1) is 16.5. The second-order valence-corrected chi connectivity index (χ2v) is 7.32. The summed E-state index contributed by atoms with van der Waals surface area (Å²) < 4.78 is 56.0. The summed E-state index contributed by atoms with van der Waals surface area (Å²) in [5, 5.41) is 13.9. The van der Waals surface area contributed by atoms with Crippen LogP contribution in [-0.2, 0) is 12.7 Å². The molecule has 0 saturated heterocycles. The first-order valence-electron chi connectivity index (χ1n) is 9.88. The van der Waals surface area contributed by atoms with Crippen molar-refractivity contribution >= 4 is 28.7 Å². The number of hydrogen-bond acceptors (Lipinski definition) is 4. The highest BCUT2D eigenvalue weighted by atomic mass is 19.4. The number of benzene rings is 2. The van der Waals surface area contributed by atoms with E-state index in [-0.39, 0.29) is 29.0 Å². The van der Waals surface area contributed by atoms with E-state index in [0.29, 0.717) is 11.6 Å². The summed E-state index contributed by atoms with van der Waals surface area (Å²) in [6.45, 7) is -0.0864. The molecule has 0 aliphatic heterocycles. The molecule has 9 nitrogen and oxygen atoms in total. The second kappa shape index (κ2) is 8.93. The lowest BCUT2D eigenvalue weighted by molar-refractivity contribution is -0.137. The molecule has 0 fully saturated rings. The number of halogens is 4. The lowest BCUT2D eigenvalue weighted by atomic mass is 10.1. The molecule has 0 aliphatic carbocycles. The van der Waals surface area contributed by atoms with Gasteiger partial charge in [0, 0.05) is 18.9 Å². The average molecular weight is 489 g/mol. The number of aromatic nitrogens is 3. The Kier molecular flexibility index (Phi) is 5.99. The summed E-state index contributed by atoms with van der Waals surface area (Å²) in [5.74, 6) is -2.26. The number of anilines is 1. The number of para-hydroxylation sites is 1. The van der Waals surface area contributed by atoms with Crippen LogP contribution in [-0.4, -0.2) is 31.6 Å². The molecule has 2 aromatic carbocycles. The normalized spacial score (nSPS) is 11.4. The number of rotatable bonds is 5. The lowest BCUT2D eigenvalue weighted by Crippen LogP contribution is -2.28. The Bertz CT molecular complexity index is 1510. The molecule has 13 heteroatoms. The maximum atomic E-state index is 13.8. The van der Waals surface area contributed by atoms with Gasteiger partial charge in [0.25, 0.3) is 5.56 Å². The zero-order valence-corrected chi connectivity index (χ0v) is 17.5. The van der Waals surface area contributed by atoms with E-state index in [1.54, 1.807) is 0 Å². The van der Waals surface area contributed by atoms with Crippen molar-refractivity contribution < 1.29 is 32.3 Å². The van der Waals surface area contributed by atoms with Crippen molar-refractivity contribution in [3.63, 3.8) is 0 Å². The molecule has 0 bridgehead atoms. The molecule has 4 rings (SSSR count). The number of carboxylic acid groups (broad SMARTS) is 1. The predicted octanol–water partition coefficient (Wildman–Crippen LogP) is 3.89. The fraction of sp³-hybridized carbons (Fsp3) is 0.0909. The molecule has 0 unspecified atom stereocenters. The molecule has 4 N–H and O–H groups in total. The SMILES string of the molecule is O=C(NCc1ccn(-c2cc3nc(C(=O)O)c(=O)[nH]c3cc2C(F)(F)F)c1)Nc1ccccc1F. The first kappa shape index (κ1) is 23.5. The van der Waals surface area contributed by atoms with Crippen LogP contribution in [0.15, 0.2) is 59.7 Å². The van der Waals surface area contributed by atoms with Crippen molar-refractivity contribution in [2.75, 3.05) is 5.32 Å². The zero-order valence-electron chi connectivity index (χ0n) is 17.5. The topological polar surface area (TPSA) is 129 Å². The molecule has 2 amide bonds. The molecular formula is C22H15F4N5O4. The van der Waals surface area contributed by atoms with Gasteiger partial charge in [-0.3, -0.25) is 4.79 Å². The van der Waals surface area contributed by atoms with Crippen LogP contribution in [0.1, 0.15) is 21.6 Å². The highest BCUT2D eigenvalue weighted by molar-refractivity contribution is 5.89. The van der Waals surface area contributed by atoms with Crippen molar-refractivity contribution in [3.05, 3.63) is 87.9 Å². The lowest BCUT2D eigenvalue weighted by Gasteiger charge is -2.15. The van der Waals surface area contributed by atoms with E-state index >= 15 is 0 Å². The van der Waals surface area contributed by atoms with E-state index in [1.165, 1.54) is 42.7 Å². The van der Waals surface area contributed by atoms with E-state index in [2.05, 4.69) is 20.6 Å². The van der Waals surface area contributed by atoms with Gasteiger partial charge >= 0.3 is 18.2 Å². The number of alkyl halides is 3. The summed E-state index contributed by atoms with van der Waals surface area (Å²) in [5.41, 5.74) is -3.53. The van der Waals surface area contributed by atoms with Gasteiger partial charge in [-0.1, -0.05) is 12.1 Å². The second-order valence-electron chi connectivity index (χ2n) is 7.32.